The molecule has 1 N–H and O–H groups in total. The maximum atomic E-state index is 13.8. The lowest BCUT2D eigenvalue weighted by molar-refractivity contribution is 0.346. The molecule has 2 bridgehead atoms. The number of nitrogens with one attached hydrogen (secondary N) is 1. The van der Waals surface area contributed by atoms with Gasteiger partial charge in [-0.05, 0) is 31.0 Å². The van der Waals surface area contributed by atoms with E-state index in [0.717, 1.165) is 18.6 Å². The molecule has 19 heavy (non-hydrogen) atoms. The van der Waals surface area contributed by atoms with Crippen molar-refractivity contribution in [2.45, 2.75) is 30.3 Å². The molecule has 2 aliphatic heterocycles. The van der Waals surface area contributed by atoms with Crippen LogP contribution in [0.2, 0.25) is 0 Å². The maximum Gasteiger partial charge on any atom is 0.246 e. The first-order chi connectivity index (χ1) is 8.89. The second kappa shape index (κ2) is 4.22. The van der Waals surface area contributed by atoms with Gasteiger partial charge in [-0.1, -0.05) is 0 Å². The minimum absolute atomic E-state index is 0.0982. The first kappa shape index (κ1) is 13.0. The summed E-state index contributed by atoms with van der Waals surface area (Å²) in [5.41, 5.74) is 0.0982. The minimum atomic E-state index is -3.96. The molecule has 104 valence electrons. The Kier molecular flexibility index (Phi) is 2.88. The number of fused-ring (bicyclic) bond motifs is 2. The topological polar surface area (TPSA) is 49.4 Å². The van der Waals surface area contributed by atoms with Gasteiger partial charge in [-0.3, -0.25) is 0 Å². The fourth-order valence-corrected chi connectivity index (χ4v) is 4.51. The molecular formula is C12H14F2N2O2S. The zero-order chi connectivity index (χ0) is 13.8. The summed E-state index contributed by atoms with van der Waals surface area (Å²) in [4.78, 5) is -0.567. The molecule has 2 fully saturated rings. The van der Waals surface area contributed by atoms with E-state index in [9.17, 15) is 17.2 Å². The molecule has 0 aliphatic carbocycles. The lowest BCUT2D eigenvalue weighted by Gasteiger charge is -2.26. The van der Waals surface area contributed by atoms with E-state index in [4.69, 9.17) is 0 Å². The monoisotopic (exact) mass is 288 g/mol. The first-order valence-electron chi connectivity index (χ1n) is 6.10. The Hall–Kier alpha value is -1.05. The molecule has 7 heteroatoms. The number of hydrogen-bond donors (Lipinski definition) is 1. The second-order valence-electron chi connectivity index (χ2n) is 5.10. The summed E-state index contributed by atoms with van der Waals surface area (Å²) < 4.78 is 53.4. The van der Waals surface area contributed by atoms with Crippen LogP contribution >= 0.6 is 0 Å². The van der Waals surface area contributed by atoms with E-state index in [1.165, 1.54) is 11.2 Å². The van der Waals surface area contributed by atoms with Gasteiger partial charge >= 0.3 is 0 Å². The third-order valence-electron chi connectivity index (χ3n) is 3.81. The average Bonchev–Trinajstić information content (AvgIpc) is 2.95. The predicted octanol–water partition coefficient (Wildman–Crippen LogP) is 1.01. The van der Waals surface area contributed by atoms with Gasteiger partial charge in [0.25, 0.3) is 0 Å². The minimum Gasteiger partial charge on any atom is -0.311 e. The molecule has 2 heterocycles. The highest BCUT2D eigenvalue weighted by atomic mass is 32.2. The van der Waals surface area contributed by atoms with Crippen LogP contribution in [0.5, 0.6) is 0 Å². The van der Waals surface area contributed by atoms with E-state index in [0.29, 0.717) is 13.1 Å². The van der Waals surface area contributed by atoms with Crippen molar-refractivity contribution in [3.63, 3.8) is 0 Å². The highest BCUT2D eigenvalue weighted by molar-refractivity contribution is 7.89. The fraction of sp³-hybridized carbons (Fsp3) is 0.500. The largest absolute Gasteiger partial charge is 0.311 e. The number of halogens is 2. The smallest absolute Gasteiger partial charge is 0.246 e. The molecule has 1 aromatic rings. The molecule has 0 saturated carbocycles. The number of piperazine rings is 1. The Morgan fingerprint density at radius 2 is 2.05 bits per heavy atom. The summed E-state index contributed by atoms with van der Waals surface area (Å²) in [5, 5.41) is 3.17. The molecule has 0 spiro atoms. The van der Waals surface area contributed by atoms with Gasteiger partial charge in [0.05, 0.1) is 0 Å². The highest BCUT2D eigenvalue weighted by Crippen LogP contribution is 2.31. The zero-order valence-electron chi connectivity index (χ0n) is 10.4. The van der Waals surface area contributed by atoms with Crippen LogP contribution in [-0.2, 0) is 10.0 Å². The van der Waals surface area contributed by atoms with E-state index in [-0.39, 0.29) is 17.6 Å². The van der Waals surface area contributed by atoms with Gasteiger partial charge in [0.1, 0.15) is 16.5 Å². The van der Waals surface area contributed by atoms with Crippen LogP contribution in [0.15, 0.2) is 17.0 Å². The number of nitrogens with zero attached hydrogens (tertiary/aromatic N) is 1. The molecule has 3 rings (SSSR count). The van der Waals surface area contributed by atoms with Crippen LogP contribution in [0.25, 0.3) is 0 Å². The third kappa shape index (κ3) is 1.96. The molecule has 0 aromatic heterocycles. The Balaban J connectivity index is 2.03. The van der Waals surface area contributed by atoms with E-state index < -0.39 is 26.6 Å². The van der Waals surface area contributed by atoms with Gasteiger partial charge in [0.2, 0.25) is 10.0 Å². The van der Waals surface area contributed by atoms with Crippen LogP contribution in [0.3, 0.4) is 0 Å². The van der Waals surface area contributed by atoms with Gasteiger partial charge in [0, 0.05) is 25.2 Å². The van der Waals surface area contributed by atoms with E-state index in [1.54, 1.807) is 0 Å². The SMILES string of the molecule is Cc1cc(F)c(S(=O)(=O)N2C[C@@H]3C[C@H]2CN3)cc1F. The molecule has 0 unspecified atom stereocenters. The van der Waals surface area contributed by atoms with Crippen LogP contribution in [-0.4, -0.2) is 37.9 Å². The summed E-state index contributed by atoms with van der Waals surface area (Å²) >= 11 is 0. The number of rotatable bonds is 2. The molecule has 2 atom stereocenters. The average molecular weight is 288 g/mol. The standard InChI is InChI=1S/C12H14F2N2O2S/c1-7-2-11(14)12(4-10(7)13)19(17,18)16-6-8-3-9(16)5-15-8/h2,4,8-9,15H,3,5-6H2,1H3/t8-,9-/m0/s1. The Bertz CT molecular complexity index is 633. The lowest BCUT2D eigenvalue weighted by Crippen LogP contribution is -2.46. The maximum absolute atomic E-state index is 13.8. The Morgan fingerprint density at radius 1 is 1.32 bits per heavy atom. The molecular weight excluding hydrogens is 274 g/mol. The summed E-state index contributed by atoms with van der Waals surface area (Å²) in [6.07, 6.45) is 0.731. The predicted molar refractivity (Wildman–Crippen MR) is 65.2 cm³/mol. The van der Waals surface area contributed by atoms with Gasteiger partial charge in [-0.25, -0.2) is 17.2 Å². The van der Waals surface area contributed by atoms with E-state index in [1.807, 2.05) is 0 Å². The van der Waals surface area contributed by atoms with Crippen LogP contribution in [0.4, 0.5) is 8.78 Å². The van der Waals surface area contributed by atoms with Crippen molar-refractivity contribution >= 4 is 10.0 Å². The van der Waals surface area contributed by atoms with E-state index in [2.05, 4.69) is 5.32 Å². The highest BCUT2D eigenvalue weighted by Gasteiger charge is 2.45. The van der Waals surface area contributed by atoms with Gasteiger partial charge in [0.15, 0.2) is 0 Å². The number of benzene rings is 1. The molecule has 4 nitrogen and oxygen atoms in total. The van der Waals surface area contributed by atoms with Crippen LogP contribution in [0.1, 0.15) is 12.0 Å². The van der Waals surface area contributed by atoms with Crippen molar-refractivity contribution in [1.82, 2.24) is 9.62 Å². The molecule has 2 aliphatic rings. The van der Waals surface area contributed by atoms with Gasteiger partial charge in [-0.15, -0.1) is 0 Å². The summed E-state index contributed by atoms with van der Waals surface area (Å²) in [5.74, 6) is -1.60. The third-order valence-corrected chi connectivity index (χ3v) is 5.74. The molecule has 2 saturated heterocycles. The molecule has 0 radical (unpaired) electrons. The Morgan fingerprint density at radius 3 is 2.63 bits per heavy atom. The number of hydrogen-bond acceptors (Lipinski definition) is 3. The van der Waals surface area contributed by atoms with Crippen molar-refractivity contribution in [2.24, 2.45) is 0 Å². The normalized spacial score (nSPS) is 27.1. The van der Waals surface area contributed by atoms with Crippen molar-refractivity contribution in [3.05, 3.63) is 29.3 Å². The first-order valence-corrected chi connectivity index (χ1v) is 7.54. The van der Waals surface area contributed by atoms with Gasteiger partial charge in [-0.2, -0.15) is 4.31 Å². The lowest BCUT2D eigenvalue weighted by atomic mass is 10.2. The summed E-state index contributed by atoms with van der Waals surface area (Å²) in [6, 6.07) is 1.67. The summed E-state index contributed by atoms with van der Waals surface area (Å²) in [7, 11) is -3.96. The van der Waals surface area contributed by atoms with Crippen molar-refractivity contribution in [1.29, 1.82) is 0 Å². The van der Waals surface area contributed by atoms with Crippen molar-refractivity contribution < 1.29 is 17.2 Å². The van der Waals surface area contributed by atoms with Crippen molar-refractivity contribution in [3.8, 4) is 0 Å². The number of aryl methyl sites for hydroxylation is 1. The zero-order valence-corrected chi connectivity index (χ0v) is 11.2. The molecule has 1 aromatic carbocycles. The fourth-order valence-electron chi connectivity index (χ4n) is 2.77. The van der Waals surface area contributed by atoms with Gasteiger partial charge < -0.3 is 5.32 Å². The molecule has 0 amide bonds. The van der Waals surface area contributed by atoms with E-state index >= 15 is 0 Å². The van der Waals surface area contributed by atoms with Crippen LogP contribution < -0.4 is 5.32 Å². The van der Waals surface area contributed by atoms with Crippen molar-refractivity contribution in [2.75, 3.05) is 13.1 Å². The Labute approximate surface area is 110 Å². The quantitative estimate of drug-likeness (QED) is 0.883. The number of sulfonamides is 1. The summed E-state index contributed by atoms with van der Waals surface area (Å²) in [6.45, 7) is 2.29. The second-order valence-corrected chi connectivity index (χ2v) is 6.96. The van der Waals surface area contributed by atoms with Crippen LogP contribution in [0, 0.1) is 18.6 Å².